The molecule has 0 aliphatic rings. The average molecular weight is 238 g/mol. The molecule has 0 saturated carbocycles. The zero-order valence-corrected chi connectivity index (χ0v) is 8.98. The van der Waals surface area contributed by atoms with Gasteiger partial charge in [-0.2, -0.15) is 0 Å². The Labute approximate surface area is 106 Å². The normalized spacial score (nSPS) is 6.06. The molecule has 0 aliphatic heterocycles. The Morgan fingerprint density at radius 2 is 1.19 bits per heavy atom. The molecule has 0 bridgehead atoms. The molecule has 0 aliphatic carbocycles. The van der Waals surface area contributed by atoms with Crippen molar-refractivity contribution in [2.75, 3.05) is 20.1 Å². The minimum Gasteiger partial charge on any atom is -0.341 e. The minimum absolute atomic E-state index is 0. The summed E-state index contributed by atoms with van der Waals surface area (Å²) in [5.74, 6) is 0. The van der Waals surface area contributed by atoms with E-state index < -0.39 is 0 Å². The third kappa shape index (κ3) is 23.2. The van der Waals surface area contributed by atoms with E-state index in [0.29, 0.717) is 0 Å². The zero-order valence-electron chi connectivity index (χ0n) is 8.98. The van der Waals surface area contributed by atoms with Crippen molar-refractivity contribution in [2.24, 2.45) is 0 Å². The summed E-state index contributed by atoms with van der Waals surface area (Å²) in [5, 5.41) is 2.55. The van der Waals surface area contributed by atoms with Crippen molar-refractivity contribution in [3.63, 3.8) is 0 Å². The van der Waals surface area contributed by atoms with Crippen LogP contribution in [-0.4, -0.2) is 31.1 Å². The maximum atomic E-state index is 10.8. The van der Waals surface area contributed by atoms with E-state index in [-0.39, 0.29) is 35.7 Å². The smallest absolute Gasteiger partial charge is 0.317 e. The van der Waals surface area contributed by atoms with E-state index in [1.165, 1.54) is 6.42 Å². The van der Waals surface area contributed by atoms with Crippen molar-refractivity contribution in [3.05, 3.63) is 0 Å². The van der Waals surface area contributed by atoms with Gasteiger partial charge < -0.3 is 10.2 Å². The highest BCUT2D eigenvalue weighted by Gasteiger charge is 2.03. The van der Waals surface area contributed by atoms with Crippen LogP contribution in [0.5, 0.6) is 0 Å². The summed E-state index contributed by atoms with van der Waals surface area (Å²) in [5.41, 5.74) is 0. The first kappa shape index (κ1) is 36.2. The lowest BCUT2D eigenvalue weighted by atomic mass is 10.5. The second-order valence-corrected chi connectivity index (χ2v) is 2.43. The van der Waals surface area contributed by atoms with Gasteiger partial charge in [0.1, 0.15) is 0 Å². The molecular formula is C13H38N2O. The Bertz CT molecular complexity index is 102. The van der Waals surface area contributed by atoms with Crippen LogP contribution in [0.1, 0.15) is 63.8 Å². The van der Waals surface area contributed by atoms with Crippen molar-refractivity contribution < 1.29 is 4.79 Å². The Hall–Kier alpha value is -0.730. The van der Waals surface area contributed by atoms with E-state index >= 15 is 0 Å². The van der Waals surface area contributed by atoms with E-state index in [1.54, 1.807) is 11.9 Å². The molecule has 0 saturated heterocycles. The van der Waals surface area contributed by atoms with Gasteiger partial charge in [0.25, 0.3) is 0 Å². The van der Waals surface area contributed by atoms with Crippen LogP contribution in [0.15, 0.2) is 0 Å². The number of hydrogen-bond acceptors (Lipinski definition) is 1. The largest absolute Gasteiger partial charge is 0.341 e. The molecule has 0 heterocycles. The second kappa shape index (κ2) is 29.2. The molecule has 0 rings (SSSR count). The molecule has 0 aromatic rings. The summed E-state index contributed by atoms with van der Waals surface area (Å²) in [6.45, 7) is 9.71. The van der Waals surface area contributed by atoms with E-state index in [0.717, 1.165) is 13.1 Å². The quantitative estimate of drug-likeness (QED) is 0.747. The lowest BCUT2D eigenvalue weighted by Crippen LogP contribution is -2.37. The molecule has 16 heavy (non-hydrogen) atoms. The molecule has 0 aromatic heterocycles. The Kier molecular flexibility index (Phi) is 66.1. The average Bonchev–Trinajstić information content (AvgIpc) is 2.08. The van der Waals surface area contributed by atoms with Crippen LogP contribution in [0, 0.1) is 0 Å². The highest BCUT2D eigenvalue weighted by molar-refractivity contribution is 5.73. The van der Waals surface area contributed by atoms with Gasteiger partial charge in [-0.25, -0.2) is 4.79 Å². The number of urea groups is 1. The van der Waals surface area contributed by atoms with Crippen LogP contribution in [0.2, 0.25) is 0 Å². The molecule has 1 N–H and O–H groups in total. The fourth-order valence-electron chi connectivity index (χ4n) is 0.669. The predicted molar refractivity (Wildman–Crippen MR) is 80.3 cm³/mol. The van der Waals surface area contributed by atoms with Gasteiger partial charge in [-0.3, -0.25) is 0 Å². The molecule has 0 aromatic carbocycles. The molecule has 0 unspecified atom stereocenters. The van der Waals surface area contributed by atoms with Gasteiger partial charge in [-0.05, 0) is 13.8 Å². The minimum atomic E-state index is 0. The first-order valence-corrected chi connectivity index (χ1v) is 4.64. The Morgan fingerprint density at radius 1 is 0.938 bits per heavy atom. The van der Waals surface area contributed by atoms with Crippen LogP contribution in [0.4, 0.5) is 4.79 Å². The molecular weight excluding hydrogens is 200 g/mol. The van der Waals surface area contributed by atoms with Crippen LogP contribution in [0.25, 0.3) is 0 Å². The van der Waals surface area contributed by atoms with Crippen molar-refractivity contribution in [1.82, 2.24) is 10.2 Å². The highest BCUT2D eigenvalue weighted by atomic mass is 16.2. The third-order valence-electron chi connectivity index (χ3n) is 1.26. The number of nitrogens with one attached hydrogen (secondary N) is 1. The van der Waals surface area contributed by atoms with Gasteiger partial charge in [-0.15, -0.1) is 0 Å². The standard InChI is InChI=1S/C6H14N2O.C3H8.4CH4/c1-4-8(5-2)6(9)7-3;1-3-2;;;;/h4-5H2,1-3H3,(H,7,9);3H2,1-2H3;4*1H4. The van der Waals surface area contributed by atoms with Gasteiger partial charge in [0.05, 0.1) is 0 Å². The number of rotatable bonds is 2. The second-order valence-electron chi connectivity index (χ2n) is 2.43. The third-order valence-corrected chi connectivity index (χ3v) is 1.26. The Balaban J connectivity index is -0.0000000324. The van der Waals surface area contributed by atoms with E-state index in [2.05, 4.69) is 19.2 Å². The molecule has 0 radical (unpaired) electrons. The Morgan fingerprint density at radius 3 is 1.25 bits per heavy atom. The molecule has 0 spiro atoms. The topological polar surface area (TPSA) is 32.3 Å². The summed E-state index contributed by atoms with van der Waals surface area (Å²) in [6.07, 6.45) is 1.25. The molecule has 3 heteroatoms. The fraction of sp³-hybridized carbons (Fsp3) is 0.923. The molecule has 3 nitrogen and oxygen atoms in total. The zero-order chi connectivity index (χ0) is 9.98. The fourth-order valence-corrected chi connectivity index (χ4v) is 0.669. The lowest BCUT2D eigenvalue weighted by Gasteiger charge is -2.16. The number of carbonyl (C=O) groups is 1. The first-order valence-electron chi connectivity index (χ1n) is 4.64. The van der Waals surface area contributed by atoms with Crippen molar-refractivity contribution in [1.29, 1.82) is 0 Å². The maximum Gasteiger partial charge on any atom is 0.317 e. The predicted octanol–water partition coefficient (Wildman–Crippen LogP) is 4.63. The van der Waals surface area contributed by atoms with Gasteiger partial charge in [0, 0.05) is 20.1 Å². The van der Waals surface area contributed by atoms with Crippen LogP contribution in [-0.2, 0) is 0 Å². The van der Waals surface area contributed by atoms with Gasteiger partial charge in [0.2, 0.25) is 0 Å². The summed E-state index contributed by atoms with van der Waals surface area (Å²) in [7, 11) is 1.64. The summed E-state index contributed by atoms with van der Waals surface area (Å²) < 4.78 is 0. The first-order chi connectivity index (χ1) is 5.67. The summed E-state index contributed by atoms with van der Waals surface area (Å²) >= 11 is 0. The molecule has 2 amide bonds. The SMILES string of the molecule is C.C.C.C.CCC.CCN(CC)C(=O)NC. The van der Waals surface area contributed by atoms with Crippen LogP contribution >= 0.6 is 0 Å². The van der Waals surface area contributed by atoms with E-state index in [9.17, 15) is 4.79 Å². The van der Waals surface area contributed by atoms with Gasteiger partial charge in [0.15, 0.2) is 0 Å². The van der Waals surface area contributed by atoms with E-state index in [4.69, 9.17) is 0 Å². The van der Waals surface area contributed by atoms with Crippen molar-refractivity contribution >= 4 is 6.03 Å². The number of hydrogen-bond donors (Lipinski definition) is 1. The van der Waals surface area contributed by atoms with Crippen LogP contribution < -0.4 is 5.32 Å². The van der Waals surface area contributed by atoms with Crippen molar-refractivity contribution in [2.45, 2.75) is 63.8 Å². The number of amides is 2. The monoisotopic (exact) mass is 238 g/mol. The van der Waals surface area contributed by atoms with Crippen LogP contribution in [0.3, 0.4) is 0 Å². The highest BCUT2D eigenvalue weighted by Crippen LogP contribution is 1.85. The molecule has 0 atom stereocenters. The lowest BCUT2D eigenvalue weighted by molar-refractivity contribution is 0.205. The van der Waals surface area contributed by atoms with Gasteiger partial charge in [-0.1, -0.05) is 50.0 Å². The number of nitrogens with zero attached hydrogens (tertiary/aromatic N) is 1. The molecule has 106 valence electrons. The van der Waals surface area contributed by atoms with Gasteiger partial charge >= 0.3 is 6.03 Å². The maximum absolute atomic E-state index is 10.8. The van der Waals surface area contributed by atoms with E-state index in [1.807, 2.05) is 13.8 Å². The summed E-state index contributed by atoms with van der Waals surface area (Å²) in [6, 6.07) is 0.000000000000000222. The van der Waals surface area contributed by atoms with Crippen molar-refractivity contribution in [3.8, 4) is 0 Å². The molecule has 0 fully saturated rings. The summed E-state index contributed by atoms with van der Waals surface area (Å²) in [4.78, 5) is 12.5. The number of carbonyl (C=O) groups excluding carboxylic acids is 1.